The number of rotatable bonds is 5. The zero-order valence-corrected chi connectivity index (χ0v) is 10.7. The molecule has 5 heteroatoms. The van der Waals surface area contributed by atoms with Gasteiger partial charge in [-0.3, -0.25) is 0 Å². The smallest absolute Gasteiger partial charge is 0.0586 e. The number of thioether (sulfide) groups is 1. The Morgan fingerprint density at radius 3 is 2.18 bits per heavy atom. The van der Waals surface area contributed by atoms with Crippen LogP contribution in [-0.2, 0) is 0 Å². The first-order chi connectivity index (χ1) is 5.07. The SMILES string of the molecule is CC(S)C(S)SC[C@H](S)CS. The monoisotopic (exact) mass is 246 g/mol. The van der Waals surface area contributed by atoms with E-state index in [1.165, 1.54) is 0 Å². The highest BCUT2D eigenvalue weighted by Crippen LogP contribution is 2.23. The molecular weight excluding hydrogens is 232 g/mol. The van der Waals surface area contributed by atoms with Gasteiger partial charge in [0.1, 0.15) is 0 Å². The molecule has 0 amide bonds. The Morgan fingerprint density at radius 2 is 1.82 bits per heavy atom. The van der Waals surface area contributed by atoms with E-state index in [0.717, 1.165) is 11.5 Å². The minimum Gasteiger partial charge on any atom is -0.178 e. The highest BCUT2D eigenvalue weighted by molar-refractivity contribution is 8.11. The van der Waals surface area contributed by atoms with Crippen LogP contribution in [0.15, 0.2) is 0 Å². The molecule has 0 spiro atoms. The number of hydrogen-bond acceptors (Lipinski definition) is 5. The van der Waals surface area contributed by atoms with Gasteiger partial charge in [0, 0.05) is 22.0 Å². The summed E-state index contributed by atoms with van der Waals surface area (Å²) in [5.41, 5.74) is 0. The lowest BCUT2D eigenvalue weighted by atomic mass is 10.5. The van der Waals surface area contributed by atoms with E-state index in [9.17, 15) is 0 Å². The van der Waals surface area contributed by atoms with Crippen molar-refractivity contribution in [3.8, 4) is 0 Å². The summed E-state index contributed by atoms with van der Waals surface area (Å²) in [4.78, 5) is 0. The topological polar surface area (TPSA) is 0 Å². The van der Waals surface area contributed by atoms with Crippen LogP contribution < -0.4 is 0 Å². The Bertz CT molecular complexity index is 95.0. The molecule has 0 aliphatic rings. The second kappa shape index (κ2) is 7.18. The summed E-state index contributed by atoms with van der Waals surface area (Å²) < 4.78 is 0.299. The van der Waals surface area contributed by atoms with Crippen LogP contribution >= 0.6 is 62.3 Å². The normalized spacial score (nSPS) is 19.4. The van der Waals surface area contributed by atoms with Gasteiger partial charge in [-0.05, 0) is 0 Å². The van der Waals surface area contributed by atoms with Crippen molar-refractivity contribution >= 4 is 62.3 Å². The fraction of sp³-hybridized carbons (Fsp3) is 1.00. The first-order valence-corrected chi connectivity index (χ1v) is 6.57. The van der Waals surface area contributed by atoms with Gasteiger partial charge in [-0.2, -0.15) is 50.5 Å². The predicted octanol–water partition coefficient (Wildman–Crippen LogP) is 2.52. The van der Waals surface area contributed by atoms with E-state index in [2.05, 4.69) is 50.5 Å². The first kappa shape index (κ1) is 12.8. The van der Waals surface area contributed by atoms with E-state index in [4.69, 9.17) is 0 Å². The maximum absolute atomic E-state index is 4.37. The Morgan fingerprint density at radius 1 is 1.27 bits per heavy atom. The second-order valence-corrected chi connectivity index (χ2v) is 6.29. The van der Waals surface area contributed by atoms with E-state index in [-0.39, 0.29) is 0 Å². The largest absolute Gasteiger partial charge is 0.178 e. The maximum Gasteiger partial charge on any atom is 0.0586 e. The van der Waals surface area contributed by atoms with Crippen LogP contribution in [-0.4, -0.2) is 26.6 Å². The molecule has 0 bridgehead atoms. The van der Waals surface area contributed by atoms with E-state index < -0.39 is 0 Å². The molecular formula is C6H14S5. The molecule has 0 aliphatic carbocycles. The number of hydrogen-bond donors (Lipinski definition) is 4. The second-order valence-electron chi connectivity index (χ2n) is 2.30. The van der Waals surface area contributed by atoms with Crippen molar-refractivity contribution in [2.75, 3.05) is 11.5 Å². The summed E-state index contributed by atoms with van der Waals surface area (Å²) >= 11 is 18.9. The molecule has 0 rings (SSSR count). The molecule has 0 aromatic heterocycles. The van der Waals surface area contributed by atoms with Crippen molar-refractivity contribution in [2.45, 2.75) is 22.0 Å². The zero-order valence-electron chi connectivity index (χ0n) is 6.34. The van der Waals surface area contributed by atoms with Crippen LogP contribution in [0.1, 0.15) is 6.92 Å². The number of thiol groups is 4. The molecule has 0 heterocycles. The van der Waals surface area contributed by atoms with Crippen LogP contribution in [0.5, 0.6) is 0 Å². The fourth-order valence-electron chi connectivity index (χ4n) is 0.402. The van der Waals surface area contributed by atoms with Crippen molar-refractivity contribution in [1.82, 2.24) is 0 Å². The van der Waals surface area contributed by atoms with Gasteiger partial charge in [-0.25, -0.2) is 0 Å². The summed E-state index contributed by atoms with van der Waals surface area (Å²) in [7, 11) is 0. The van der Waals surface area contributed by atoms with Crippen LogP contribution in [0.3, 0.4) is 0 Å². The van der Waals surface area contributed by atoms with Gasteiger partial charge in [0.2, 0.25) is 0 Å². The summed E-state index contributed by atoms with van der Waals surface area (Å²) in [6.45, 7) is 2.04. The molecule has 3 atom stereocenters. The van der Waals surface area contributed by atoms with Gasteiger partial charge >= 0.3 is 0 Å². The summed E-state index contributed by atoms with van der Waals surface area (Å²) in [5.74, 6) is 1.81. The van der Waals surface area contributed by atoms with Crippen molar-refractivity contribution in [3.63, 3.8) is 0 Å². The molecule has 0 saturated carbocycles. The van der Waals surface area contributed by atoms with Crippen molar-refractivity contribution in [1.29, 1.82) is 0 Å². The van der Waals surface area contributed by atoms with Crippen LogP contribution in [0, 0.1) is 0 Å². The maximum atomic E-state index is 4.37. The van der Waals surface area contributed by atoms with E-state index in [1.807, 2.05) is 6.92 Å². The lowest BCUT2D eigenvalue weighted by Gasteiger charge is -2.15. The standard InChI is InChI=1S/C6H14S5/c1-4(8)6(10)11-3-5(9)2-7/h4-10H,2-3H2,1H3/t4?,5-,6?/m1/s1. The van der Waals surface area contributed by atoms with Crippen LogP contribution in [0.25, 0.3) is 0 Å². The molecule has 0 saturated heterocycles. The first-order valence-electron chi connectivity index (χ1n) is 3.34. The molecule has 0 aliphatic heterocycles. The van der Waals surface area contributed by atoms with Gasteiger partial charge in [-0.1, -0.05) is 6.92 Å². The van der Waals surface area contributed by atoms with Gasteiger partial charge in [-0.15, -0.1) is 11.8 Å². The lowest BCUT2D eigenvalue weighted by molar-refractivity contribution is 1.08. The summed E-state index contributed by atoms with van der Waals surface area (Å²) in [6.07, 6.45) is 0. The van der Waals surface area contributed by atoms with Crippen LogP contribution in [0.4, 0.5) is 0 Å². The molecule has 0 fully saturated rings. The molecule has 0 aromatic rings. The summed E-state index contributed by atoms with van der Waals surface area (Å²) in [5, 5.41) is 0.689. The van der Waals surface area contributed by atoms with E-state index in [0.29, 0.717) is 15.1 Å². The third-order valence-corrected chi connectivity index (χ3v) is 5.40. The minimum atomic E-state index is 0.299. The van der Waals surface area contributed by atoms with E-state index in [1.54, 1.807) is 11.8 Å². The molecule has 11 heavy (non-hydrogen) atoms. The predicted molar refractivity (Wildman–Crippen MR) is 70.3 cm³/mol. The van der Waals surface area contributed by atoms with Crippen molar-refractivity contribution < 1.29 is 0 Å². The van der Waals surface area contributed by atoms with Gasteiger partial charge in [0.05, 0.1) is 4.58 Å². The molecule has 68 valence electrons. The fourth-order valence-corrected chi connectivity index (χ4v) is 2.30. The quantitative estimate of drug-likeness (QED) is 0.427. The lowest BCUT2D eigenvalue weighted by Crippen LogP contribution is -2.12. The molecule has 0 N–H and O–H groups in total. The van der Waals surface area contributed by atoms with E-state index >= 15 is 0 Å². The van der Waals surface area contributed by atoms with Gasteiger partial charge in [0.25, 0.3) is 0 Å². The van der Waals surface area contributed by atoms with Crippen molar-refractivity contribution in [3.05, 3.63) is 0 Å². The Labute approximate surface area is 95.3 Å². The summed E-state index contributed by atoms with van der Waals surface area (Å²) in [6, 6.07) is 0. The third kappa shape index (κ3) is 6.87. The Hall–Kier alpha value is 1.75. The average Bonchev–Trinajstić information content (AvgIpc) is 1.99. The zero-order chi connectivity index (χ0) is 8.85. The highest BCUT2D eigenvalue weighted by atomic mass is 32.2. The molecule has 0 aromatic carbocycles. The average molecular weight is 247 g/mol. The van der Waals surface area contributed by atoms with Gasteiger partial charge in [0.15, 0.2) is 0 Å². The van der Waals surface area contributed by atoms with Gasteiger partial charge < -0.3 is 0 Å². The molecule has 0 radical (unpaired) electrons. The Kier molecular flexibility index (Phi) is 8.32. The molecule has 0 nitrogen and oxygen atoms in total. The molecule has 2 unspecified atom stereocenters. The Balaban J connectivity index is 3.37. The van der Waals surface area contributed by atoms with Crippen molar-refractivity contribution in [2.24, 2.45) is 0 Å². The highest BCUT2D eigenvalue weighted by Gasteiger charge is 2.10. The van der Waals surface area contributed by atoms with Crippen LogP contribution in [0.2, 0.25) is 0 Å². The third-order valence-electron chi connectivity index (χ3n) is 1.08. The minimum absolute atomic E-state index is 0.299.